The third-order valence-corrected chi connectivity index (χ3v) is 7.66. The number of hydrogen-bond donors (Lipinski definition) is 1. The standard InChI is InChI=1S/C21H23FN6OS/c1-12-9-25-19(26-10-12)16-8-18(29-28-16)13-5-6-15(22)14(7-13)17-11-30(24-4)21(2,3)20(23)27-17/h5-10,17H,11H2,1-4H3,(H2,23,27)/t17-,30-/m0/s1. The molecule has 2 N–H and O–H groups in total. The second-order valence-electron chi connectivity index (χ2n) is 7.65. The Hall–Kier alpha value is -2.94. The first-order chi connectivity index (χ1) is 14.3. The van der Waals surface area contributed by atoms with Gasteiger partial charge >= 0.3 is 0 Å². The van der Waals surface area contributed by atoms with Gasteiger partial charge in [-0.3, -0.25) is 9.36 Å². The Labute approximate surface area is 176 Å². The highest BCUT2D eigenvalue weighted by Gasteiger charge is 2.35. The fourth-order valence-corrected chi connectivity index (χ4v) is 5.16. The van der Waals surface area contributed by atoms with Gasteiger partial charge in [0.25, 0.3) is 0 Å². The molecule has 0 bridgehead atoms. The summed E-state index contributed by atoms with van der Waals surface area (Å²) in [7, 11) is 1.42. The van der Waals surface area contributed by atoms with Crippen molar-refractivity contribution in [3.05, 3.63) is 53.6 Å². The zero-order chi connectivity index (χ0) is 21.5. The number of hydrogen-bond acceptors (Lipinski definition) is 7. The molecule has 1 aromatic carbocycles. The molecule has 4 rings (SSSR count). The highest BCUT2D eigenvalue weighted by Crippen LogP contribution is 2.34. The molecule has 3 heterocycles. The van der Waals surface area contributed by atoms with Crippen molar-refractivity contribution in [3.8, 4) is 22.8 Å². The first-order valence-corrected chi connectivity index (χ1v) is 10.8. The van der Waals surface area contributed by atoms with E-state index >= 15 is 0 Å². The quantitative estimate of drug-likeness (QED) is 0.685. The maximum absolute atomic E-state index is 14.7. The lowest BCUT2D eigenvalue weighted by atomic mass is 10.0. The van der Waals surface area contributed by atoms with Crippen LogP contribution in [0.2, 0.25) is 0 Å². The van der Waals surface area contributed by atoms with E-state index in [0.29, 0.717) is 40.0 Å². The average Bonchev–Trinajstić information content (AvgIpc) is 3.21. The van der Waals surface area contributed by atoms with Crippen LogP contribution in [0, 0.1) is 12.7 Å². The Bertz CT molecular complexity index is 1150. The number of halogens is 1. The molecule has 1 aliphatic rings. The Balaban J connectivity index is 1.70. The number of nitrogens with zero attached hydrogens (tertiary/aromatic N) is 5. The molecule has 156 valence electrons. The van der Waals surface area contributed by atoms with E-state index in [1.54, 1.807) is 37.6 Å². The first-order valence-electron chi connectivity index (χ1n) is 9.50. The van der Waals surface area contributed by atoms with Gasteiger partial charge in [0, 0.05) is 42.4 Å². The first kappa shape index (κ1) is 20.3. The smallest absolute Gasteiger partial charge is 0.181 e. The molecule has 3 aromatic rings. The van der Waals surface area contributed by atoms with E-state index in [9.17, 15) is 4.39 Å². The molecular formula is C21H23FN6OS. The Morgan fingerprint density at radius 1 is 1.23 bits per heavy atom. The molecule has 1 aliphatic heterocycles. The molecule has 0 spiro atoms. The van der Waals surface area contributed by atoms with Gasteiger partial charge in [-0.05, 0) is 44.5 Å². The van der Waals surface area contributed by atoms with Gasteiger partial charge in [0.2, 0.25) is 0 Å². The molecule has 0 aliphatic carbocycles. The van der Waals surface area contributed by atoms with Gasteiger partial charge in [-0.25, -0.2) is 14.4 Å². The number of aryl methyl sites for hydroxylation is 1. The summed E-state index contributed by atoms with van der Waals surface area (Å²) in [5.74, 6) is 1.75. The average molecular weight is 427 g/mol. The van der Waals surface area contributed by atoms with Crippen LogP contribution >= 0.6 is 0 Å². The Morgan fingerprint density at radius 3 is 2.67 bits per heavy atom. The van der Waals surface area contributed by atoms with Crippen LogP contribution in [0.1, 0.15) is 31.0 Å². The molecule has 2 atom stereocenters. The molecule has 0 unspecified atom stereocenters. The van der Waals surface area contributed by atoms with Crippen molar-refractivity contribution < 1.29 is 8.91 Å². The highest BCUT2D eigenvalue weighted by molar-refractivity contribution is 7.89. The van der Waals surface area contributed by atoms with Crippen LogP contribution in [0.3, 0.4) is 0 Å². The van der Waals surface area contributed by atoms with Crippen molar-refractivity contribution in [2.24, 2.45) is 15.1 Å². The molecule has 0 saturated carbocycles. The van der Waals surface area contributed by atoms with Crippen LogP contribution in [0.5, 0.6) is 0 Å². The van der Waals surface area contributed by atoms with Crippen LogP contribution in [-0.4, -0.2) is 38.5 Å². The molecule has 2 aromatic heterocycles. The summed E-state index contributed by atoms with van der Waals surface area (Å²) in [6, 6.07) is 6.17. The maximum atomic E-state index is 14.7. The summed E-state index contributed by atoms with van der Waals surface area (Å²) in [5.41, 5.74) is 8.86. The van der Waals surface area contributed by atoms with Gasteiger partial charge in [0.15, 0.2) is 17.3 Å². The van der Waals surface area contributed by atoms with Crippen molar-refractivity contribution in [1.29, 1.82) is 0 Å². The van der Waals surface area contributed by atoms with Crippen LogP contribution in [0.25, 0.3) is 22.8 Å². The third kappa shape index (κ3) is 3.65. The molecule has 7 nitrogen and oxygen atoms in total. The summed E-state index contributed by atoms with van der Waals surface area (Å²) >= 11 is 0. The Kier molecular flexibility index (Phi) is 5.23. The lowest BCUT2D eigenvalue weighted by molar-refractivity contribution is 0.434. The highest BCUT2D eigenvalue weighted by atomic mass is 32.2. The van der Waals surface area contributed by atoms with Gasteiger partial charge in [0.1, 0.15) is 11.7 Å². The van der Waals surface area contributed by atoms with Gasteiger partial charge in [0.05, 0.1) is 10.8 Å². The third-order valence-electron chi connectivity index (χ3n) is 5.20. The van der Waals surface area contributed by atoms with Gasteiger partial charge in [-0.1, -0.05) is 15.8 Å². The monoisotopic (exact) mass is 426 g/mol. The van der Waals surface area contributed by atoms with E-state index in [-0.39, 0.29) is 21.3 Å². The van der Waals surface area contributed by atoms with Crippen LogP contribution in [-0.2, 0) is 10.7 Å². The second-order valence-corrected chi connectivity index (χ2v) is 10.1. The Morgan fingerprint density at radius 2 is 1.97 bits per heavy atom. The van der Waals surface area contributed by atoms with Crippen molar-refractivity contribution in [1.82, 2.24) is 15.1 Å². The second kappa shape index (κ2) is 7.71. The molecule has 0 fully saturated rings. The minimum absolute atomic E-state index is 0.326. The summed E-state index contributed by atoms with van der Waals surface area (Å²) in [5, 5.41) is 4.06. The number of rotatable bonds is 3. The van der Waals surface area contributed by atoms with Crippen molar-refractivity contribution in [2.75, 3.05) is 12.8 Å². The van der Waals surface area contributed by atoms with Gasteiger partial charge in [-0.2, -0.15) is 0 Å². The number of benzene rings is 1. The van der Waals surface area contributed by atoms with E-state index < -0.39 is 6.04 Å². The van der Waals surface area contributed by atoms with E-state index in [0.717, 1.165) is 5.56 Å². The zero-order valence-corrected chi connectivity index (χ0v) is 18.1. The van der Waals surface area contributed by atoms with Crippen LogP contribution < -0.4 is 5.73 Å². The zero-order valence-electron chi connectivity index (χ0n) is 17.3. The molecule has 0 amide bonds. The van der Waals surface area contributed by atoms with E-state index in [2.05, 4.69) is 24.5 Å². The predicted octanol–water partition coefficient (Wildman–Crippen LogP) is 3.87. The van der Waals surface area contributed by atoms with Crippen LogP contribution in [0.15, 0.2) is 50.5 Å². The molecule has 0 radical (unpaired) electrons. The fourth-order valence-electron chi connectivity index (χ4n) is 3.30. The largest absolute Gasteiger partial charge is 0.386 e. The summed E-state index contributed by atoms with van der Waals surface area (Å²) in [6.45, 7) is 5.96. The molecule has 9 heteroatoms. The van der Waals surface area contributed by atoms with E-state index in [4.69, 9.17) is 10.3 Å². The van der Waals surface area contributed by atoms with Crippen molar-refractivity contribution >= 4 is 16.5 Å². The van der Waals surface area contributed by atoms with E-state index in [1.807, 2.05) is 20.8 Å². The maximum Gasteiger partial charge on any atom is 0.181 e. The lowest BCUT2D eigenvalue weighted by Crippen LogP contribution is -2.47. The lowest BCUT2D eigenvalue weighted by Gasteiger charge is -2.34. The molecule has 0 saturated heterocycles. The van der Waals surface area contributed by atoms with E-state index in [1.165, 1.54) is 6.07 Å². The predicted molar refractivity (Wildman–Crippen MR) is 117 cm³/mol. The molecular weight excluding hydrogens is 403 g/mol. The number of nitrogens with two attached hydrogens (primary N) is 1. The topological polar surface area (TPSA) is 103 Å². The number of amidine groups is 1. The normalized spacial score (nSPS) is 20.9. The number of aliphatic imine (C=N–C) groups is 1. The molecule has 30 heavy (non-hydrogen) atoms. The summed E-state index contributed by atoms with van der Waals surface area (Å²) in [4.78, 5) is 13.1. The SMILES string of the molecule is CN=[S@]1C[C@@H](c2cc(-c3cc(-c4ncc(C)cn4)no3)ccc2F)N=C(N)C1(C)C. The summed E-state index contributed by atoms with van der Waals surface area (Å²) < 4.78 is 24.4. The van der Waals surface area contributed by atoms with Gasteiger partial charge < -0.3 is 10.3 Å². The minimum atomic E-state index is -0.396. The van der Waals surface area contributed by atoms with Gasteiger partial charge in [-0.15, -0.1) is 0 Å². The van der Waals surface area contributed by atoms with Crippen molar-refractivity contribution in [3.63, 3.8) is 0 Å². The fraction of sp³-hybridized carbons (Fsp3) is 0.333. The van der Waals surface area contributed by atoms with Crippen LogP contribution in [0.4, 0.5) is 4.39 Å². The van der Waals surface area contributed by atoms with Crippen molar-refractivity contribution in [2.45, 2.75) is 31.6 Å². The minimum Gasteiger partial charge on any atom is -0.386 e. The summed E-state index contributed by atoms with van der Waals surface area (Å²) in [6.07, 6.45) is 3.44. The number of aromatic nitrogens is 3.